The lowest BCUT2D eigenvalue weighted by Crippen LogP contribution is -2.39. The Morgan fingerprint density at radius 2 is 1.64 bits per heavy atom. The third-order valence-corrected chi connectivity index (χ3v) is 4.98. The van der Waals surface area contributed by atoms with Gasteiger partial charge in [0.25, 0.3) is 0 Å². The molecule has 25 heavy (non-hydrogen) atoms. The molecule has 2 N–H and O–H groups in total. The Hall–Kier alpha value is -0.810. The fourth-order valence-electron chi connectivity index (χ4n) is 3.29. The predicted octanol–water partition coefficient (Wildman–Crippen LogP) is 2.79. The van der Waals surface area contributed by atoms with Crippen LogP contribution in [0.15, 0.2) is 4.99 Å². The molecule has 0 aromatic carbocycles. The van der Waals surface area contributed by atoms with Crippen LogP contribution in [-0.2, 0) is 0 Å². The minimum Gasteiger partial charge on any atom is -0.356 e. The molecule has 0 amide bonds. The molecule has 1 heterocycles. The number of guanidine groups is 1. The number of likely N-dealkylation sites (N-methyl/N-ethyl adjacent to an activating group) is 1. The molecule has 5 nitrogen and oxygen atoms in total. The Kier molecular flexibility index (Phi) is 12.8. The summed E-state index contributed by atoms with van der Waals surface area (Å²) in [5.41, 5.74) is 0. The van der Waals surface area contributed by atoms with Crippen molar-refractivity contribution in [3.05, 3.63) is 0 Å². The van der Waals surface area contributed by atoms with Crippen molar-refractivity contribution in [2.24, 2.45) is 10.9 Å². The van der Waals surface area contributed by atoms with Gasteiger partial charge >= 0.3 is 0 Å². The van der Waals surface area contributed by atoms with Crippen molar-refractivity contribution in [1.82, 2.24) is 20.4 Å². The molecule has 148 valence electrons. The van der Waals surface area contributed by atoms with Crippen molar-refractivity contribution >= 4 is 5.96 Å². The summed E-state index contributed by atoms with van der Waals surface area (Å²) in [6.45, 7) is 12.7. The molecule has 1 fully saturated rings. The standard InChI is InChI=1S/C20H43N5/c1-19(2)11-7-5-6-8-12-22-20(21-3)23-13-9-15-25-16-10-14-24(4)17-18-25/h19H,5-18H2,1-4H3,(H2,21,22,23). The fraction of sp³-hybridized carbons (Fsp3) is 0.950. The Morgan fingerprint density at radius 3 is 2.36 bits per heavy atom. The second kappa shape index (κ2) is 14.4. The van der Waals surface area contributed by atoms with Crippen molar-refractivity contribution in [3.63, 3.8) is 0 Å². The van der Waals surface area contributed by atoms with Gasteiger partial charge in [0.1, 0.15) is 0 Å². The van der Waals surface area contributed by atoms with Crippen molar-refractivity contribution in [1.29, 1.82) is 0 Å². The van der Waals surface area contributed by atoms with Gasteiger partial charge in [-0.15, -0.1) is 0 Å². The zero-order valence-corrected chi connectivity index (χ0v) is 17.3. The van der Waals surface area contributed by atoms with E-state index >= 15 is 0 Å². The number of hydrogen-bond acceptors (Lipinski definition) is 3. The van der Waals surface area contributed by atoms with Crippen LogP contribution in [0.5, 0.6) is 0 Å². The van der Waals surface area contributed by atoms with E-state index in [9.17, 15) is 0 Å². The largest absolute Gasteiger partial charge is 0.356 e. The molecule has 1 aliphatic rings. The summed E-state index contributed by atoms with van der Waals surface area (Å²) in [5, 5.41) is 6.89. The van der Waals surface area contributed by atoms with Crippen LogP contribution in [0.4, 0.5) is 0 Å². The molecule has 1 aliphatic heterocycles. The minimum atomic E-state index is 0.844. The van der Waals surface area contributed by atoms with Gasteiger partial charge in [-0.3, -0.25) is 4.99 Å². The van der Waals surface area contributed by atoms with Gasteiger partial charge in [0.2, 0.25) is 0 Å². The summed E-state index contributed by atoms with van der Waals surface area (Å²) in [6.07, 6.45) is 9.13. The SMILES string of the molecule is CN=C(NCCCCCCC(C)C)NCCCN1CCCN(C)CC1. The highest BCUT2D eigenvalue weighted by atomic mass is 15.2. The van der Waals surface area contributed by atoms with E-state index in [1.807, 2.05) is 7.05 Å². The first-order valence-corrected chi connectivity index (χ1v) is 10.5. The quantitative estimate of drug-likeness (QED) is 0.340. The maximum Gasteiger partial charge on any atom is 0.190 e. The third kappa shape index (κ3) is 12.2. The van der Waals surface area contributed by atoms with Crippen LogP contribution in [-0.4, -0.2) is 75.7 Å². The van der Waals surface area contributed by atoms with Crippen molar-refractivity contribution in [2.45, 2.75) is 58.8 Å². The Balaban J connectivity index is 1.99. The van der Waals surface area contributed by atoms with Crippen LogP contribution >= 0.6 is 0 Å². The highest BCUT2D eigenvalue weighted by molar-refractivity contribution is 5.79. The first-order valence-electron chi connectivity index (χ1n) is 10.5. The lowest BCUT2D eigenvalue weighted by atomic mass is 10.0. The highest BCUT2D eigenvalue weighted by Crippen LogP contribution is 2.08. The lowest BCUT2D eigenvalue weighted by Gasteiger charge is -2.20. The average molecular weight is 354 g/mol. The van der Waals surface area contributed by atoms with E-state index in [2.05, 4.69) is 46.3 Å². The molecular formula is C20H43N5. The molecule has 1 rings (SSSR count). The van der Waals surface area contributed by atoms with Crippen LogP contribution in [0.3, 0.4) is 0 Å². The van der Waals surface area contributed by atoms with Gasteiger partial charge in [-0.2, -0.15) is 0 Å². The molecule has 0 aromatic rings. The van der Waals surface area contributed by atoms with Gasteiger partial charge in [-0.25, -0.2) is 0 Å². The molecule has 0 unspecified atom stereocenters. The smallest absolute Gasteiger partial charge is 0.190 e. The van der Waals surface area contributed by atoms with Crippen molar-refractivity contribution in [3.8, 4) is 0 Å². The number of nitrogens with one attached hydrogen (secondary N) is 2. The predicted molar refractivity (Wildman–Crippen MR) is 110 cm³/mol. The first kappa shape index (κ1) is 22.2. The normalized spacial score (nSPS) is 17.7. The van der Waals surface area contributed by atoms with Gasteiger partial charge in [0, 0.05) is 33.2 Å². The maximum atomic E-state index is 4.33. The molecule has 0 atom stereocenters. The molecule has 0 radical (unpaired) electrons. The van der Waals surface area contributed by atoms with Crippen LogP contribution in [0.25, 0.3) is 0 Å². The molecule has 0 spiro atoms. The Labute approximate surface area is 156 Å². The van der Waals surface area contributed by atoms with Gasteiger partial charge in [0.05, 0.1) is 0 Å². The van der Waals surface area contributed by atoms with Crippen LogP contribution in [0, 0.1) is 5.92 Å². The molecule has 5 heteroatoms. The maximum absolute atomic E-state index is 4.33. The summed E-state index contributed by atoms with van der Waals surface area (Å²) < 4.78 is 0. The number of aliphatic imine (C=N–C) groups is 1. The topological polar surface area (TPSA) is 42.9 Å². The Bertz CT molecular complexity index is 343. The summed E-state index contributed by atoms with van der Waals surface area (Å²) in [4.78, 5) is 9.36. The molecule has 1 saturated heterocycles. The Morgan fingerprint density at radius 1 is 0.920 bits per heavy atom. The van der Waals surface area contributed by atoms with Gasteiger partial charge in [-0.05, 0) is 51.9 Å². The van der Waals surface area contributed by atoms with Gasteiger partial charge in [0.15, 0.2) is 5.96 Å². The zero-order valence-electron chi connectivity index (χ0n) is 17.3. The third-order valence-electron chi connectivity index (χ3n) is 4.98. The summed E-state index contributed by atoms with van der Waals surface area (Å²) >= 11 is 0. The van der Waals surface area contributed by atoms with Gasteiger partial charge < -0.3 is 20.4 Å². The van der Waals surface area contributed by atoms with Gasteiger partial charge in [-0.1, -0.05) is 39.5 Å². The van der Waals surface area contributed by atoms with E-state index in [0.29, 0.717) is 0 Å². The lowest BCUT2D eigenvalue weighted by molar-refractivity contribution is 0.274. The summed E-state index contributed by atoms with van der Waals surface area (Å²) in [6, 6.07) is 0. The number of hydrogen-bond donors (Lipinski definition) is 2. The van der Waals surface area contributed by atoms with Crippen molar-refractivity contribution < 1.29 is 0 Å². The summed E-state index contributed by atoms with van der Waals surface area (Å²) in [5.74, 6) is 1.80. The van der Waals surface area contributed by atoms with E-state index < -0.39 is 0 Å². The van der Waals surface area contributed by atoms with E-state index in [1.54, 1.807) is 0 Å². The van der Waals surface area contributed by atoms with E-state index in [1.165, 1.54) is 77.7 Å². The van der Waals surface area contributed by atoms with Crippen LogP contribution in [0.1, 0.15) is 58.8 Å². The number of unbranched alkanes of at least 4 members (excludes halogenated alkanes) is 3. The van der Waals surface area contributed by atoms with E-state index in [0.717, 1.165) is 25.0 Å². The molecule has 0 saturated carbocycles. The number of rotatable bonds is 11. The molecule has 0 bridgehead atoms. The van der Waals surface area contributed by atoms with Crippen LogP contribution < -0.4 is 10.6 Å². The molecular weight excluding hydrogens is 310 g/mol. The van der Waals surface area contributed by atoms with Crippen LogP contribution in [0.2, 0.25) is 0 Å². The average Bonchev–Trinajstić information content (AvgIpc) is 2.80. The first-order chi connectivity index (χ1) is 12.1. The minimum absolute atomic E-state index is 0.844. The monoisotopic (exact) mass is 353 g/mol. The van der Waals surface area contributed by atoms with E-state index in [4.69, 9.17) is 0 Å². The number of nitrogens with zero attached hydrogens (tertiary/aromatic N) is 3. The zero-order chi connectivity index (χ0) is 18.3. The molecule has 0 aromatic heterocycles. The molecule has 0 aliphatic carbocycles. The fourth-order valence-corrected chi connectivity index (χ4v) is 3.29. The van der Waals surface area contributed by atoms with E-state index in [-0.39, 0.29) is 0 Å². The second-order valence-corrected chi connectivity index (χ2v) is 7.87. The second-order valence-electron chi connectivity index (χ2n) is 7.87. The summed E-state index contributed by atoms with van der Waals surface area (Å²) in [7, 11) is 4.09. The highest BCUT2D eigenvalue weighted by Gasteiger charge is 2.11. The van der Waals surface area contributed by atoms with Crippen molar-refractivity contribution in [2.75, 3.05) is 59.9 Å².